The number of carbonyl (C=O) groups is 1. The number of rotatable bonds is 7. The van der Waals surface area contributed by atoms with E-state index in [-0.39, 0.29) is 12.3 Å². The van der Waals surface area contributed by atoms with Gasteiger partial charge in [-0.05, 0) is 38.0 Å². The second-order valence-corrected chi connectivity index (χ2v) is 12.5. The Bertz CT molecular complexity index is 725. The lowest BCUT2D eigenvalue weighted by Gasteiger charge is -2.24. The molecular formula is C16H23N3O3S2. The molecule has 0 saturated carbocycles. The summed E-state index contributed by atoms with van der Waals surface area (Å²) in [6.45, 7) is 0.920. The number of carboxylic acid groups (broad SMARTS) is 1. The molecule has 3 rings (SSSR count). The van der Waals surface area contributed by atoms with Crippen molar-refractivity contribution in [3.63, 3.8) is 0 Å². The number of aromatic carboxylic acids is 1. The molecule has 1 aliphatic rings. The van der Waals surface area contributed by atoms with E-state index in [0.717, 1.165) is 30.7 Å². The summed E-state index contributed by atoms with van der Waals surface area (Å²) in [5.74, 6) is 0.0392. The molecule has 0 amide bonds. The first-order valence-electron chi connectivity index (χ1n) is 7.87. The zero-order chi connectivity index (χ0) is 17.3. The topological polar surface area (TPSA) is 77.2 Å². The highest BCUT2D eigenvalue weighted by molar-refractivity contribution is 8.32. The molecule has 24 heavy (non-hydrogen) atoms. The molecule has 8 heteroatoms. The smallest absolute Gasteiger partial charge is 0.339 e. The molecule has 2 aromatic rings. The van der Waals surface area contributed by atoms with Crippen LogP contribution in [0, 0.1) is 0 Å². The van der Waals surface area contributed by atoms with Crippen LogP contribution < -0.4 is 0 Å². The minimum Gasteiger partial charge on any atom is -0.478 e. The molecular weight excluding hydrogens is 346 g/mol. The first-order valence-corrected chi connectivity index (χ1v) is 11.7. The Morgan fingerprint density at radius 3 is 2.88 bits per heavy atom. The van der Waals surface area contributed by atoms with Crippen LogP contribution in [0.15, 0.2) is 6.20 Å². The van der Waals surface area contributed by atoms with Gasteiger partial charge in [-0.25, -0.2) is 24.5 Å². The predicted molar refractivity (Wildman–Crippen MR) is 98.5 cm³/mol. The van der Waals surface area contributed by atoms with Crippen molar-refractivity contribution in [1.29, 1.82) is 0 Å². The third kappa shape index (κ3) is 3.99. The van der Waals surface area contributed by atoms with Gasteiger partial charge in [0.15, 0.2) is 0 Å². The van der Waals surface area contributed by atoms with Crippen molar-refractivity contribution >= 4 is 27.3 Å². The highest BCUT2D eigenvalue weighted by Crippen LogP contribution is 2.35. The van der Waals surface area contributed by atoms with Crippen molar-refractivity contribution in [3.8, 4) is 10.7 Å². The van der Waals surface area contributed by atoms with Gasteiger partial charge >= 0.3 is 5.97 Å². The summed E-state index contributed by atoms with van der Waals surface area (Å²) in [5, 5.41) is 14.6. The van der Waals surface area contributed by atoms with E-state index in [9.17, 15) is 9.90 Å². The summed E-state index contributed by atoms with van der Waals surface area (Å²) in [4.78, 5) is 17.4. The van der Waals surface area contributed by atoms with Crippen LogP contribution in [-0.2, 0) is 24.3 Å². The molecule has 0 radical (unpaired) electrons. The van der Waals surface area contributed by atoms with Gasteiger partial charge in [0.1, 0.15) is 23.0 Å². The molecule has 0 aliphatic heterocycles. The Morgan fingerprint density at radius 2 is 2.21 bits per heavy atom. The van der Waals surface area contributed by atoms with E-state index in [1.165, 1.54) is 11.1 Å². The Kier molecular flexibility index (Phi) is 4.98. The first-order chi connectivity index (χ1) is 11.3. The standard InChI is InChI=1S/C16H23N3O3S2/c1-24(2,3)8-7-22-10-19-9-11(16(20)21)14(18-19)15-17-12-5-4-6-13(12)23-15/h9H,4-8,10H2,1-3H3,(H,20,21). The Morgan fingerprint density at radius 1 is 1.42 bits per heavy atom. The number of nitrogens with zero attached hydrogens (tertiary/aromatic N) is 3. The van der Waals surface area contributed by atoms with Crippen LogP contribution in [-0.4, -0.2) is 57.0 Å². The molecule has 0 unspecified atom stereocenters. The van der Waals surface area contributed by atoms with Gasteiger partial charge in [0.2, 0.25) is 0 Å². The second-order valence-electron chi connectivity index (χ2n) is 6.81. The molecule has 0 spiro atoms. The lowest BCUT2D eigenvalue weighted by Crippen LogP contribution is -2.10. The van der Waals surface area contributed by atoms with E-state index in [1.54, 1.807) is 16.0 Å². The minimum atomic E-state index is -0.981. The highest BCUT2D eigenvalue weighted by atomic mass is 32.3. The fourth-order valence-electron chi connectivity index (χ4n) is 2.56. The summed E-state index contributed by atoms with van der Waals surface area (Å²) in [7, 11) is -0.594. The summed E-state index contributed by atoms with van der Waals surface area (Å²) < 4.78 is 7.21. The average molecular weight is 370 g/mol. The molecule has 132 valence electrons. The van der Waals surface area contributed by atoms with Crippen molar-refractivity contribution in [3.05, 3.63) is 22.3 Å². The molecule has 0 aromatic carbocycles. The largest absolute Gasteiger partial charge is 0.478 e. The van der Waals surface area contributed by atoms with Crippen LogP contribution >= 0.6 is 21.4 Å². The SMILES string of the molecule is CS(C)(C)CCOCn1cc(C(=O)O)c(-c2nc3c(s2)CCC3)n1. The number of hydrogen-bond acceptors (Lipinski definition) is 5. The molecule has 2 aromatic heterocycles. The molecule has 1 N–H and O–H groups in total. The number of aromatic nitrogens is 3. The average Bonchev–Trinajstić information content (AvgIpc) is 3.15. The molecule has 6 nitrogen and oxygen atoms in total. The van der Waals surface area contributed by atoms with E-state index in [0.29, 0.717) is 17.3 Å². The number of thiazole rings is 1. The second kappa shape index (κ2) is 6.85. The first kappa shape index (κ1) is 17.4. The number of ether oxygens (including phenoxy) is 1. The number of carboxylic acids is 1. The zero-order valence-corrected chi connectivity index (χ0v) is 15.9. The third-order valence-electron chi connectivity index (χ3n) is 3.85. The third-order valence-corrected chi connectivity index (χ3v) is 6.41. The summed E-state index contributed by atoms with van der Waals surface area (Å²) >= 11 is 1.56. The molecule has 0 fully saturated rings. The lowest BCUT2D eigenvalue weighted by molar-refractivity contribution is 0.0694. The fourth-order valence-corrected chi connectivity index (χ4v) is 4.33. The monoisotopic (exact) mass is 369 g/mol. The van der Waals surface area contributed by atoms with Crippen molar-refractivity contribution in [1.82, 2.24) is 14.8 Å². The maximum atomic E-state index is 11.5. The van der Waals surface area contributed by atoms with Crippen LogP contribution in [0.3, 0.4) is 0 Å². The van der Waals surface area contributed by atoms with E-state index in [1.807, 2.05) is 0 Å². The van der Waals surface area contributed by atoms with E-state index in [4.69, 9.17) is 4.74 Å². The van der Waals surface area contributed by atoms with Crippen molar-refractivity contribution in [2.45, 2.75) is 26.0 Å². The van der Waals surface area contributed by atoms with Gasteiger partial charge in [-0.15, -0.1) is 11.3 Å². The number of hydrogen-bond donors (Lipinski definition) is 1. The lowest BCUT2D eigenvalue weighted by atomic mass is 10.2. The molecule has 1 aliphatic carbocycles. The minimum absolute atomic E-state index is 0.187. The molecule has 0 atom stereocenters. The van der Waals surface area contributed by atoms with Crippen molar-refractivity contribution in [2.75, 3.05) is 31.1 Å². The maximum Gasteiger partial charge on any atom is 0.339 e. The van der Waals surface area contributed by atoms with Gasteiger partial charge in [-0.3, -0.25) is 0 Å². The van der Waals surface area contributed by atoms with Gasteiger partial charge in [-0.2, -0.15) is 5.10 Å². The normalized spacial score (nSPS) is 14.8. The van der Waals surface area contributed by atoms with Crippen LogP contribution in [0.4, 0.5) is 0 Å². The predicted octanol–water partition coefficient (Wildman–Crippen LogP) is 2.86. The van der Waals surface area contributed by atoms with Crippen LogP contribution in [0.5, 0.6) is 0 Å². The molecule has 2 heterocycles. The quantitative estimate of drug-likeness (QED) is 0.760. The Labute approximate surface area is 147 Å². The summed E-state index contributed by atoms with van der Waals surface area (Å²) in [6, 6.07) is 0. The summed E-state index contributed by atoms with van der Waals surface area (Å²) in [5.41, 5.74) is 1.74. The highest BCUT2D eigenvalue weighted by Gasteiger charge is 2.23. The zero-order valence-electron chi connectivity index (χ0n) is 14.2. The Balaban J connectivity index is 1.74. The maximum absolute atomic E-state index is 11.5. The van der Waals surface area contributed by atoms with Gasteiger partial charge in [-0.1, -0.05) is 0 Å². The van der Waals surface area contributed by atoms with Gasteiger partial charge in [0, 0.05) is 16.8 Å². The summed E-state index contributed by atoms with van der Waals surface area (Å²) in [6.07, 6.45) is 11.4. The van der Waals surface area contributed by atoms with E-state index in [2.05, 4.69) is 28.8 Å². The van der Waals surface area contributed by atoms with Gasteiger partial charge in [0.05, 0.1) is 12.3 Å². The van der Waals surface area contributed by atoms with Crippen molar-refractivity contribution in [2.24, 2.45) is 0 Å². The van der Waals surface area contributed by atoms with Gasteiger partial charge < -0.3 is 9.84 Å². The van der Waals surface area contributed by atoms with E-state index < -0.39 is 16.0 Å². The number of fused-ring (bicyclic) bond motifs is 1. The van der Waals surface area contributed by atoms with Crippen LogP contribution in [0.1, 0.15) is 27.3 Å². The Hall–Kier alpha value is -1.38. The fraction of sp³-hybridized carbons (Fsp3) is 0.562. The molecule has 0 bridgehead atoms. The number of aryl methyl sites for hydroxylation is 2. The molecule has 0 saturated heterocycles. The van der Waals surface area contributed by atoms with Gasteiger partial charge in [0.25, 0.3) is 0 Å². The van der Waals surface area contributed by atoms with Crippen LogP contribution in [0.2, 0.25) is 0 Å². The van der Waals surface area contributed by atoms with Crippen molar-refractivity contribution < 1.29 is 14.6 Å². The van der Waals surface area contributed by atoms with E-state index >= 15 is 0 Å². The van der Waals surface area contributed by atoms with Crippen LogP contribution in [0.25, 0.3) is 10.7 Å².